The molecule has 0 N–H and O–H groups in total. The van der Waals surface area contributed by atoms with Crippen molar-refractivity contribution in [2.45, 2.75) is 73.6 Å². The maximum atomic E-state index is 5.26. The van der Waals surface area contributed by atoms with Crippen molar-refractivity contribution in [3.63, 3.8) is 0 Å². The van der Waals surface area contributed by atoms with Crippen LogP contribution in [0.4, 0.5) is 0 Å². The molecule has 34 heavy (non-hydrogen) atoms. The average Bonchev–Trinajstić information content (AvgIpc) is 2.80. The fraction of sp³-hybridized carbons (Fsp3) is 1.00. The van der Waals surface area contributed by atoms with Gasteiger partial charge in [-0.3, -0.25) is 4.90 Å². The second-order valence-electron chi connectivity index (χ2n) is 12.3. The summed E-state index contributed by atoms with van der Waals surface area (Å²) in [5.74, 6) is 3.59. The minimum absolute atomic E-state index is 0.831. The fourth-order valence-corrected chi connectivity index (χ4v) is 4.74. The zero-order valence-corrected chi connectivity index (χ0v) is 24.5. The molecule has 0 bridgehead atoms. The van der Waals surface area contributed by atoms with Gasteiger partial charge in [-0.25, -0.2) is 0 Å². The first-order chi connectivity index (χ1) is 16.2. The predicted molar refractivity (Wildman–Crippen MR) is 150 cm³/mol. The number of rotatable bonds is 8. The van der Waals surface area contributed by atoms with E-state index >= 15 is 0 Å². The summed E-state index contributed by atoms with van der Waals surface area (Å²) in [5.41, 5.74) is 0. The highest BCUT2D eigenvalue weighted by Gasteiger charge is 2.17. The smallest absolute Gasteiger partial charge is 0.0594 e. The largest absolute Gasteiger partial charge is 0.379 e. The summed E-state index contributed by atoms with van der Waals surface area (Å²) in [6.07, 6.45) is 6.96. The van der Waals surface area contributed by atoms with E-state index in [1.807, 2.05) is 0 Å². The second-order valence-corrected chi connectivity index (χ2v) is 12.3. The van der Waals surface area contributed by atoms with Crippen LogP contribution in [0.5, 0.6) is 0 Å². The summed E-state index contributed by atoms with van der Waals surface area (Å²) in [6, 6.07) is 0. The minimum Gasteiger partial charge on any atom is -0.379 e. The van der Waals surface area contributed by atoms with Crippen LogP contribution in [0.1, 0.15) is 73.6 Å². The topological polar surface area (TPSA) is 22.2 Å². The average molecular weight is 483 g/mol. The van der Waals surface area contributed by atoms with Gasteiger partial charge in [0, 0.05) is 39.3 Å². The Bertz CT molecular complexity index is 449. The van der Waals surface area contributed by atoms with Crippen molar-refractivity contribution in [2.24, 2.45) is 23.7 Å². The van der Waals surface area contributed by atoms with Gasteiger partial charge in [0.1, 0.15) is 0 Å². The number of hydrogen-bond acceptors (Lipinski definition) is 5. The van der Waals surface area contributed by atoms with Gasteiger partial charge in [0.25, 0.3) is 0 Å². The molecule has 0 radical (unpaired) electrons. The van der Waals surface area contributed by atoms with Crippen molar-refractivity contribution in [1.29, 1.82) is 0 Å². The summed E-state index contributed by atoms with van der Waals surface area (Å²) in [6.45, 7) is 28.2. The number of nitrogens with zero attached hydrogens (tertiary/aromatic N) is 4. The van der Waals surface area contributed by atoms with E-state index in [4.69, 9.17) is 4.74 Å². The minimum atomic E-state index is 0.831. The van der Waals surface area contributed by atoms with Crippen LogP contribution >= 0.6 is 0 Å². The summed E-state index contributed by atoms with van der Waals surface area (Å²) >= 11 is 0. The Morgan fingerprint density at radius 3 is 1.47 bits per heavy atom. The third-order valence-electron chi connectivity index (χ3n) is 7.39. The molecule has 0 aromatic rings. The van der Waals surface area contributed by atoms with Gasteiger partial charge in [0.2, 0.25) is 0 Å². The first-order valence-electron chi connectivity index (χ1n) is 14.5. The van der Waals surface area contributed by atoms with Gasteiger partial charge in [-0.05, 0) is 96.1 Å². The van der Waals surface area contributed by atoms with Gasteiger partial charge in [0.05, 0.1) is 13.2 Å². The van der Waals surface area contributed by atoms with E-state index in [9.17, 15) is 0 Å². The number of piperidine rings is 1. The molecule has 0 saturated carbocycles. The normalized spacial score (nSPS) is 22.0. The first-order valence-corrected chi connectivity index (χ1v) is 14.5. The van der Waals surface area contributed by atoms with E-state index in [2.05, 4.69) is 75.2 Å². The molecular formula is C29H62N4O. The van der Waals surface area contributed by atoms with Gasteiger partial charge in [-0.15, -0.1) is 0 Å². The van der Waals surface area contributed by atoms with Crippen LogP contribution in [0.2, 0.25) is 0 Å². The molecule has 0 unspecified atom stereocenters. The van der Waals surface area contributed by atoms with Crippen LogP contribution in [0.3, 0.4) is 0 Å². The molecule has 3 rings (SSSR count). The van der Waals surface area contributed by atoms with Crippen LogP contribution in [0.25, 0.3) is 0 Å². The predicted octanol–water partition coefficient (Wildman–Crippen LogP) is 5.02. The number of morpholine rings is 1. The second kappa shape index (κ2) is 19.0. The maximum Gasteiger partial charge on any atom is 0.0594 e. The molecule has 0 aromatic heterocycles. The molecule has 5 heteroatoms. The molecule has 3 fully saturated rings. The molecule has 3 saturated heterocycles. The Labute approximate surface area is 214 Å². The molecule has 0 aliphatic carbocycles. The zero-order valence-electron chi connectivity index (χ0n) is 24.5. The van der Waals surface area contributed by atoms with Crippen molar-refractivity contribution < 1.29 is 4.74 Å². The molecule has 3 aliphatic rings. The number of hydrogen-bond donors (Lipinski definition) is 0. The van der Waals surface area contributed by atoms with E-state index in [-0.39, 0.29) is 0 Å². The van der Waals surface area contributed by atoms with Crippen LogP contribution in [-0.4, -0.2) is 112 Å². The number of likely N-dealkylation sites (tertiary alicyclic amines) is 1. The van der Waals surface area contributed by atoms with E-state index in [1.54, 1.807) is 0 Å². The SMILES string of the molecule is CC(C)CC1CCN(C)CC1.CC(C)CCN1CCN(C)CC1.CC(C)CCN1CCOCC1. The summed E-state index contributed by atoms with van der Waals surface area (Å²) in [5, 5.41) is 0. The van der Waals surface area contributed by atoms with Crippen molar-refractivity contribution in [2.75, 3.05) is 92.8 Å². The van der Waals surface area contributed by atoms with Crippen LogP contribution < -0.4 is 0 Å². The lowest BCUT2D eigenvalue weighted by Crippen LogP contribution is -2.44. The van der Waals surface area contributed by atoms with Crippen molar-refractivity contribution in [3.05, 3.63) is 0 Å². The Morgan fingerprint density at radius 2 is 1.03 bits per heavy atom. The lowest BCUT2D eigenvalue weighted by atomic mass is 9.89. The van der Waals surface area contributed by atoms with E-state index in [1.165, 1.54) is 84.5 Å². The van der Waals surface area contributed by atoms with E-state index in [0.29, 0.717) is 0 Å². The van der Waals surface area contributed by atoms with Crippen molar-refractivity contribution in [3.8, 4) is 0 Å². The van der Waals surface area contributed by atoms with Crippen molar-refractivity contribution >= 4 is 0 Å². The highest BCUT2D eigenvalue weighted by atomic mass is 16.5. The molecular weight excluding hydrogens is 420 g/mol. The van der Waals surface area contributed by atoms with Gasteiger partial charge < -0.3 is 19.4 Å². The number of ether oxygens (including phenoxy) is 1. The van der Waals surface area contributed by atoms with E-state index < -0.39 is 0 Å². The van der Waals surface area contributed by atoms with Crippen molar-refractivity contribution in [1.82, 2.24) is 19.6 Å². The highest BCUT2D eigenvalue weighted by Crippen LogP contribution is 2.22. The van der Waals surface area contributed by atoms with E-state index in [0.717, 1.165) is 50.0 Å². The molecule has 0 atom stereocenters. The Morgan fingerprint density at radius 1 is 0.588 bits per heavy atom. The van der Waals surface area contributed by atoms with Gasteiger partial charge in [-0.2, -0.15) is 0 Å². The number of piperazine rings is 1. The third-order valence-corrected chi connectivity index (χ3v) is 7.39. The molecule has 0 amide bonds. The third kappa shape index (κ3) is 17.3. The van der Waals surface area contributed by atoms with Crippen LogP contribution in [-0.2, 0) is 4.74 Å². The lowest BCUT2D eigenvalue weighted by molar-refractivity contribution is 0.0360. The Hall–Kier alpha value is -0.200. The quantitative estimate of drug-likeness (QED) is 0.483. The Kier molecular flexibility index (Phi) is 17.8. The van der Waals surface area contributed by atoms with Crippen LogP contribution in [0, 0.1) is 23.7 Å². The number of likely N-dealkylation sites (N-methyl/N-ethyl adjacent to an activating group) is 1. The molecule has 0 aromatic carbocycles. The fourth-order valence-electron chi connectivity index (χ4n) is 4.74. The Balaban J connectivity index is 0.000000255. The summed E-state index contributed by atoms with van der Waals surface area (Å²) < 4.78 is 5.26. The summed E-state index contributed by atoms with van der Waals surface area (Å²) in [7, 11) is 4.44. The van der Waals surface area contributed by atoms with Gasteiger partial charge >= 0.3 is 0 Å². The highest BCUT2D eigenvalue weighted by molar-refractivity contribution is 4.71. The lowest BCUT2D eigenvalue weighted by Gasteiger charge is -2.32. The molecule has 3 aliphatic heterocycles. The van der Waals surface area contributed by atoms with Gasteiger partial charge in [0.15, 0.2) is 0 Å². The molecule has 0 spiro atoms. The maximum absolute atomic E-state index is 5.26. The molecule has 5 nitrogen and oxygen atoms in total. The monoisotopic (exact) mass is 482 g/mol. The van der Waals surface area contributed by atoms with Crippen LogP contribution in [0.15, 0.2) is 0 Å². The van der Waals surface area contributed by atoms with Gasteiger partial charge in [-0.1, -0.05) is 41.5 Å². The molecule has 3 heterocycles. The summed E-state index contributed by atoms with van der Waals surface area (Å²) in [4.78, 5) is 9.92. The molecule has 204 valence electrons. The zero-order chi connectivity index (χ0) is 25.3. The standard InChI is InChI=1S/C10H22N2.C10H21N.C9H19NO/c1-10(2)4-5-12-8-6-11(3)7-9-12;1-9(2)8-10-4-6-11(3)7-5-10;1-9(2)3-4-10-5-7-11-8-6-10/h10H,4-9H2,1-3H3;9-10H,4-8H2,1-3H3;9H,3-8H2,1-2H3. The first kappa shape index (κ1) is 31.8.